The molecule has 17 heavy (non-hydrogen) atoms. The summed E-state index contributed by atoms with van der Waals surface area (Å²) in [4.78, 5) is 14.1. The summed E-state index contributed by atoms with van der Waals surface area (Å²) in [5.74, 6) is -0.668. The Balaban J connectivity index is 2.10. The minimum absolute atomic E-state index is 0.278. The van der Waals surface area contributed by atoms with Crippen LogP contribution in [0.25, 0.3) is 0 Å². The zero-order valence-electron chi connectivity index (χ0n) is 11.0. The van der Waals surface area contributed by atoms with Crippen molar-refractivity contribution in [1.29, 1.82) is 0 Å². The summed E-state index contributed by atoms with van der Waals surface area (Å²) in [5.41, 5.74) is -0.899. The van der Waals surface area contributed by atoms with Crippen molar-refractivity contribution < 1.29 is 14.6 Å². The van der Waals surface area contributed by atoms with Crippen LogP contribution in [0.4, 0.5) is 0 Å². The number of β-amino-alcohol motifs (C(OH)–C–C–N with tert-alkyl or cyclic N) is 1. The molecule has 1 N–H and O–H groups in total. The number of nitrogens with zero attached hydrogens (tertiary/aromatic N) is 1. The highest BCUT2D eigenvalue weighted by atomic mass is 16.5. The molecule has 0 bridgehead atoms. The number of carbonyl (C=O) groups excluding carboxylic acids is 1. The Bertz CT molecular complexity index is 303. The summed E-state index contributed by atoms with van der Waals surface area (Å²) >= 11 is 0. The first kappa shape index (κ1) is 12.8. The van der Waals surface area contributed by atoms with Crippen LogP contribution in [-0.4, -0.2) is 47.3 Å². The normalized spacial score (nSPS) is 35.9. The van der Waals surface area contributed by atoms with E-state index in [0.29, 0.717) is 31.5 Å². The van der Waals surface area contributed by atoms with Crippen LogP contribution in [0.3, 0.4) is 0 Å². The van der Waals surface area contributed by atoms with E-state index in [9.17, 15) is 9.90 Å². The van der Waals surface area contributed by atoms with E-state index in [0.717, 1.165) is 0 Å². The molecule has 2 rings (SSSR count). The van der Waals surface area contributed by atoms with Gasteiger partial charge in [-0.2, -0.15) is 0 Å². The second kappa shape index (κ2) is 4.58. The van der Waals surface area contributed by atoms with E-state index >= 15 is 0 Å². The number of rotatable bonds is 4. The Hall–Kier alpha value is -0.610. The first-order valence-electron chi connectivity index (χ1n) is 6.57. The highest BCUT2D eigenvalue weighted by Crippen LogP contribution is 2.41. The molecule has 1 heterocycles. The molecule has 98 valence electrons. The Kier molecular flexibility index (Phi) is 3.46. The lowest BCUT2D eigenvalue weighted by Crippen LogP contribution is -2.45. The van der Waals surface area contributed by atoms with Gasteiger partial charge in [-0.1, -0.05) is 6.92 Å². The molecule has 0 aromatic rings. The highest BCUT2D eigenvalue weighted by molar-refractivity contribution is 5.73. The molecule has 4 nitrogen and oxygen atoms in total. The number of aliphatic hydroxyl groups is 1. The van der Waals surface area contributed by atoms with Gasteiger partial charge in [0.05, 0.1) is 18.6 Å². The van der Waals surface area contributed by atoms with Gasteiger partial charge in [0.2, 0.25) is 0 Å². The molecule has 0 aromatic carbocycles. The van der Waals surface area contributed by atoms with Crippen molar-refractivity contribution in [3.63, 3.8) is 0 Å². The van der Waals surface area contributed by atoms with E-state index in [1.165, 1.54) is 20.0 Å². The van der Waals surface area contributed by atoms with E-state index in [4.69, 9.17) is 4.74 Å². The van der Waals surface area contributed by atoms with Gasteiger partial charge in [-0.05, 0) is 32.6 Å². The number of esters is 1. The minimum atomic E-state index is -0.899. The molecule has 2 fully saturated rings. The number of carbonyl (C=O) groups is 1. The van der Waals surface area contributed by atoms with Crippen molar-refractivity contribution >= 4 is 5.97 Å². The zero-order valence-corrected chi connectivity index (χ0v) is 11.0. The van der Waals surface area contributed by atoms with Gasteiger partial charge < -0.3 is 9.84 Å². The number of ether oxygens (including phenoxy) is 1. The second-order valence-corrected chi connectivity index (χ2v) is 5.54. The molecule has 4 heteroatoms. The quantitative estimate of drug-likeness (QED) is 0.751. The predicted octanol–water partition coefficient (Wildman–Crippen LogP) is 1.17. The van der Waals surface area contributed by atoms with Gasteiger partial charge in [0.1, 0.15) is 0 Å². The Morgan fingerprint density at radius 3 is 2.71 bits per heavy atom. The third-order valence-electron chi connectivity index (χ3n) is 4.23. The average molecular weight is 241 g/mol. The Morgan fingerprint density at radius 1 is 1.59 bits per heavy atom. The van der Waals surface area contributed by atoms with Crippen molar-refractivity contribution in [3.8, 4) is 0 Å². The Morgan fingerprint density at radius 2 is 2.24 bits per heavy atom. The van der Waals surface area contributed by atoms with Crippen molar-refractivity contribution in [2.24, 2.45) is 5.92 Å². The molecular formula is C13H23NO3. The van der Waals surface area contributed by atoms with Crippen LogP contribution in [0.5, 0.6) is 0 Å². The van der Waals surface area contributed by atoms with Gasteiger partial charge in [-0.25, -0.2) is 0 Å². The summed E-state index contributed by atoms with van der Waals surface area (Å²) in [6.07, 6.45) is 3.77. The first-order chi connectivity index (χ1) is 8.01. The summed E-state index contributed by atoms with van der Waals surface area (Å²) in [6, 6.07) is 1.00. The highest BCUT2D eigenvalue weighted by Gasteiger charge is 2.51. The molecular weight excluding hydrogens is 218 g/mol. The maximum absolute atomic E-state index is 11.7. The zero-order chi connectivity index (χ0) is 12.6. The number of hydrogen-bond donors (Lipinski definition) is 1. The molecule has 0 amide bonds. The van der Waals surface area contributed by atoms with Gasteiger partial charge in [-0.15, -0.1) is 0 Å². The standard InChI is InChI=1S/C13H23NO3/c1-4-11(12(15)17-3)13(16)7-9(2)14(8-13)10-5-6-10/h9-11,16H,4-8H2,1-3H3. The smallest absolute Gasteiger partial charge is 0.311 e. The third kappa shape index (κ3) is 2.33. The lowest BCUT2D eigenvalue weighted by atomic mass is 9.83. The summed E-state index contributed by atoms with van der Waals surface area (Å²) in [6.45, 7) is 4.69. The van der Waals surface area contributed by atoms with Gasteiger partial charge in [-0.3, -0.25) is 9.69 Å². The molecule has 3 unspecified atom stereocenters. The Labute approximate surface area is 103 Å². The third-order valence-corrected chi connectivity index (χ3v) is 4.23. The van der Waals surface area contributed by atoms with Crippen LogP contribution in [0.2, 0.25) is 0 Å². The van der Waals surface area contributed by atoms with E-state index in [2.05, 4.69) is 11.8 Å². The first-order valence-corrected chi connectivity index (χ1v) is 6.57. The summed E-state index contributed by atoms with van der Waals surface area (Å²) < 4.78 is 4.81. The predicted molar refractivity (Wildman–Crippen MR) is 64.6 cm³/mol. The molecule has 0 radical (unpaired) electrons. The minimum Gasteiger partial charge on any atom is -0.469 e. The van der Waals surface area contributed by atoms with Crippen LogP contribution in [-0.2, 0) is 9.53 Å². The van der Waals surface area contributed by atoms with Crippen molar-refractivity contribution in [3.05, 3.63) is 0 Å². The molecule has 1 aliphatic heterocycles. The van der Waals surface area contributed by atoms with Gasteiger partial charge in [0, 0.05) is 18.6 Å². The maximum Gasteiger partial charge on any atom is 0.311 e. The van der Waals surface area contributed by atoms with E-state index in [-0.39, 0.29) is 5.97 Å². The average Bonchev–Trinajstić information content (AvgIpc) is 3.06. The van der Waals surface area contributed by atoms with Crippen LogP contribution >= 0.6 is 0 Å². The largest absolute Gasteiger partial charge is 0.469 e. The van der Waals surface area contributed by atoms with Crippen LogP contribution < -0.4 is 0 Å². The number of hydrogen-bond acceptors (Lipinski definition) is 4. The molecule has 0 spiro atoms. The maximum atomic E-state index is 11.7. The van der Waals surface area contributed by atoms with E-state index in [1.54, 1.807) is 0 Å². The number of likely N-dealkylation sites (tertiary alicyclic amines) is 1. The SMILES string of the molecule is CCC(C(=O)OC)C1(O)CC(C)N(C2CC2)C1. The monoisotopic (exact) mass is 241 g/mol. The van der Waals surface area contributed by atoms with Gasteiger partial charge in [0.15, 0.2) is 0 Å². The molecule has 1 saturated carbocycles. The van der Waals surface area contributed by atoms with Crippen molar-refractivity contribution in [1.82, 2.24) is 4.90 Å². The van der Waals surface area contributed by atoms with Crippen LogP contribution in [0.1, 0.15) is 39.5 Å². The fraction of sp³-hybridized carbons (Fsp3) is 0.923. The molecule has 0 aromatic heterocycles. The van der Waals surface area contributed by atoms with Gasteiger partial charge in [0.25, 0.3) is 0 Å². The van der Waals surface area contributed by atoms with Crippen LogP contribution in [0, 0.1) is 5.92 Å². The van der Waals surface area contributed by atoms with E-state index < -0.39 is 11.5 Å². The molecule has 1 aliphatic carbocycles. The number of methoxy groups -OCH3 is 1. The molecule has 2 aliphatic rings. The second-order valence-electron chi connectivity index (χ2n) is 5.54. The summed E-state index contributed by atoms with van der Waals surface area (Å²) in [5, 5.41) is 10.7. The lowest BCUT2D eigenvalue weighted by Gasteiger charge is -2.30. The van der Waals surface area contributed by atoms with Crippen molar-refractivity contribution in [2.75, 3.05) is 13.7 Å². The van der Waals surface area contributed by atoms with Crippen LogP contribution in [0.15, 0.2) is 0 Å². The van der Waals surface area contributed by atoms with Gasteiger partial charge >= 0.3 is 5.97 Å². The lowest BCUT2D eigenvalue weighted by molar-refractivity contribution is -0.155. The molecule has 3 atom stereocenters. The fourth-order valence-corrected chi connectivity index (χ4v) is 3.22. The van der Waals surface area contributed by atoms with E-state index in [1.807, 2.05) is 6.92 Å². The topological polar surface area (TPSA) is 49.8 Å². The van der Waals surface area contributed by atoms with Crippen molar-refractivity contribution in [2.45, 2.75) is 57.2 Å². The summed E-state index contributed by atoms with van der Waals surface area (Å²) in [7, 11) is 1.39. The molecule has 1 saturated heterocycles. The fourth-order valence-electron chi connectivity index (χ4n) is 3.22.